The number of halogens is 2. The molecule has 0 radical (unpaired) electrons. The first-order valence-corrected chi connectivity index (χ1v) is 7.05. The number of nitrogens with zero attached hydrogens (tertiary/aromatic N) is 1. The molecule has 2 rings (SSSR count). The second kappa shape index (κ2) is 4.91. The number of nitrogens with two attached hydrogens (primary N) is 1. The van der Waals surface area contributed by atoms with Crippen LogP contribution >= 0.6 is 0 Å². The molecule has 100 valence electrons. The summed E-state index contributed by atoms with van der Waals surface area (Å²) in [4.78, 5) is -0.873. The molecule has 2 N–H and O–H groups in total. The molecule has 18 heavy (non-hydrogen) atoms. The summed E-state index contributed by atoms with van der Waals surface area (Å²) in [6.07, 6.45) is 0.617. The van der Waals surface area contributed by atoms with E-state index >= 15 is 0 Å². The molecule has 1 unspecified atom stereocenters. The molecule has 1 atom stereocenters. The third-order valence-electron chi connectivity index (χ3n) is 3.10. The molecule has 0 aromatic heterocycles. The van der Waals surface area contributed by atoms with Gasteiger partial charge in [0.2, 0.25) is 10.0 Å². The maximum atomic E-state index is 13.5. The SMILES string of the molecule is NCC1CCN(S(=O)(=O)c2c(F)cccc2F)C1. The molecule has 0 bridgehead atoms. The average molecular weight is 276 g/mol. The molecule has 1 heterocycles. The summed E-state index contributed by atoms with van der Waals surface area (Å²) in [6, 6.07) is 3.01. The number of rotatable bonds is 3. The molecule has 0 aliphatic carbocycles. The van der Waals surface area contributed by atoms with Crippen LogP contribution in [-0.2, 0) is 10.0 Å². The lowest BCUT2D eigenvalue weighted by Crippen LogP contribution is -2.31. The topological polar surface area (TPSA) is 63.4 Å². The molecular formula is C11H14F2N2O2S. The predicted octanol–water partition coefficient (Wildman–Crippen LogP) is 0.934. The van der Waals surface area contributed by atoms with E-state index in [1.54, 1.807) is 0 Å². The lowest BCUT2D eigenvalue weighted by molar-refractivity contribution is 0.443. The van der Waals surface area contributed by atoms with Gasteiger partial charge < -0.3 is 5.73 Å². The van der Waals surface area contributed by atoms with Gasteiger partial charge >= 0.3 is 0 Å². The average Bonchev–Trinajstić information content (AvgIpc) is 2.77. The van der Waals surface area contributed by atoms with E-state index < -0.39 is 26.6 Å². The molecule has 7 heteroatoms. The van der Waals surface area contributed by atoms with Crippen molar-refractivity contribution >= 4 is 10.0 Å². The van der Waals surface area contributed by atoms with Crippen molar-refractivity contribution in [2.75, 3.05) is 19.6 Å². The van der Waals surface area contributed by atoms with Gasteiger partial charge in [-0.1, -0.05) is 6.07 Å². The van der Waals surface area contributed by atoms with Crippen LogP contribution < -0.4 is 5.73 Å². The van der Waals surface area contributed by atoms with Crippen molar-refractivity contribution in [3.8, 4) is 0 Å². The van der Waals surface area contributed by atoms with Gasteiger partial charge in [-0.05, 0) is 31.0 Å². The van der Waals surface area contributed by atoms with Crippen LogP contribution in [0.1, 0.15) is 6.42 Å². The highest BCUT2D eigenvalue weighted by molar-refractivity contribution is 7.89. The van der Waals surface area contributed by atoms with E-state index in [0.29, 0.717) is 13.0 Å². The van der Waals surface area contributed by atoms with Crippen molar-refractivity contribution in [2.45, 2.75) is 11.3 Å². The largest absolute Gasteiger partial charge is 0.330 e. The highest BCUT2D eigenvalue weighted by Crippen LogP contribution is 2.27. The molecule has 4 nitrogen and oxygen atoms in total. The van der Waals surface area contributed by atoms with E-state index in [0.717, 1.165) is 22.5 Å². The monoisotopic (exact) mass is 276 g/mol. The normalized spacial score (nSPS) is 21.4. The van der Waals surface area contributed by atoms with Gasteiger partial charge in [0.05, 0.1) is 0 Å². The summed E-state index contributed by atoms with van der Waals surface area (Å²) >= 11 is 0. The van der Waals surface area contributed by atoms with E-state index in [2.05, 4.69) is 0 Å². The smallest absolute Gasteiger partial charge is 0.248 e. The Labute approximate surface area is 104 Å². The summed E-state index contributed by atoms with van der Waals surface area (Å²) in [5, 5.41) is 0. The molecule has 1 aliphatic rings. The zero-order chi connectivity index (χ0) is 13.3. The molecule has 1 fully saturated rings. The molecule has 0 saturated carbocycles. The van der Waals surface area contributed by atoms with E-state index in [-0.39, 0.29) is 19.0 Å². The zero-order valence-corrected chi connectivity index (χ0v) is 10.5. The quantitative estimate of drug-likeness (QED) is 0.893. The van der Waals surface area contributed by atoms with Crippen molar-refractivity contribution in [1.82, 2.24) is 4.31 Å². The van der Waals surface area contributed by atoms with Crippen LogP contribution in [0.4, 0.5) is 8.78 Å². The Balaban J connectivity index is 2.38. The number of benzene rings is 1. The summed E-state index contributed by atoms with van der Waals surface area (Å²) in [6.45, 7) is 0.830. The Morgan fingerprint density at radius 1 is 1.33 bits per heavy atom. The zero-order valence-electron chi connectivity index (χ0n) is 9.64. The fraction of sp³-hybridized carbons (Fsp3) is 0.455. The molecule has 1 aromatic carbocycles. The Morgan fingerprint density at radius 3 is 2.44 bits per heavy atom. The van der Waals surface area contributed by atoms with Gasteiger partial charge in [-0.25, -0.2) is 17.2 Å². The summed E-state index contributed by atoms with van der Waals surface area (Å²) in [7, 11) is -4.12. The van der Waals surface area contributed by atoms with Gasteiger partial charge in [0.25, 0.3) is 0 Å². The number of hydrogen-bond acceptors (Lipinski definition) is 3. The standard InChI is InChI=1S/C11H14F2N2O2S/c12-9-2-1-3-10(13)11(9)18(16,17)15-5-4-8(6-14)7-15/h1-3,8H,4-7,14H2. The number of hydrogen-bond donors (Lipinski definition) is 1. The summed E-state index contributed by atoms with van der Waals surface area (Å²) < 4.78 is 52.4. The first kappa shape index (κ1) is 13.4. The minimum Gasteiger partial charge on any atom is -0.330 e. The third kappa shape index (κ3) is 2.25. The van der Waals surface area contributed by atoms with Gasteiger partial charge in [-0.3, -0.25) is 0 Å². The first-order chi connectivity index (χ1) is 8.46. The van der Waals surface area contributed by atoms with Gasteiger partial charge in [0.1, 0.15) is 11.6 Å². The minimum absolute atomic E-state index is 0.0506. The predicted molar refractivity (Wildman–Crippen MR) is 62.3 cm³/mol. The second-order valence-electron chi connectivity index (χ2n) is 4.30. The van der Waals surface area contributed by atoms with E-state index in [4.69, 9.17) is 5.73 Å². The second-order valence-corrected chi connectivity index (χ2v) is 6.18. The molecule has 1 saturated heterocycles. The minimum atomic E-state index is -4.12. The van der Waals surface area contributed by atoms with Crippen LogP contribution in [0.5, 0.6) is 0 Å². The molecular weight excluding hydrogens is 262 g/mol. The van der Waals surface area contributed by atoms with Crippen LogP contribution in [0, 0.1) is 17.6 Å². The fourth-order valence-corrected chi connectivity index (χ4v) is 3.71. The Kier molecular flexibility index (Phi) is 3.65. The van der Waals surface area contributed by atoms with Crippen molar-refractivity contribution in [3.05, 3.63) is 29.8 Å². The van der Waals surface area contributed by atoms with E-state index in [1.807, 2.05) is 0 Å². The maximum absolute atomic E-state index is 13.5. The highest BCUT2D eigenvalue weighted by atomic mass is 32.2. The van der Waals surface area contributed by atoms with Gasteiger partial charge in [0, 0.05) is 13.1 Å². The molecule has 1 aliphatic heterocycles. The molecule has 0 spiro atoms. The summed E-state index contributed by atoms with van der Waals surface area (Å²) in [5.74, 6) is -2.08. The van der Waals surface area contributed by atoms with Crippen LogP contribution in [0.25, 0.3) is 0 Å². The third-order valence-corrected chi connectivity index (χ3v) is 5.02. The Morgan fingerprint density at radius 2 is 1.94 bits per heavy atom. The van der Waals surface area contributed by atoms with E-state index in [9.17, 15) is 17.2 Å². The highest BCUT2D eigenvalue weighted by Gasteiger charge is 2.35. The van der Waals surface area contributed by atoms with Crippen molar-refractivity contribution < 1.29 is 17.2 Å². The fourth-order valence-electron chi connectivity index (χ4n) is 2.07. The van der Waals surface area contributed by atoms with E-state index in [1.165, 1.54) is 0 Å². The van der Waals surface area contributed by atoms with Gasteiger partial charge in [-0.15, -0.1) is 0 Å². The van der Waals surface area contributed by atoms with Crippen molar-refractivity contribution in [1.29, 1.82) is 0 Å². The van der Waals surface area contributed by atoms with Crippen LogP contribution in [0.3, 0.4) is 0 Å². The summed E-state index contributed by atoms with van der Waals surface area (Å²) in [5.41, 5.74) is 5.47. The van der Waals surface area contributed by atoms with Crippen molar-refractivity contribution in [3.63, 3.8) is 0 Å². The number of sulfonamides is 1. The van der Waals surface area contributed by atoms with Crippen LogP contribution in [-0.4, -0.2) is 32.4 Å². The van der Waals surface area contributed by atoms with Crippen molar-refractivity contribution in [2.24, 2.45) is 11.7 Å². The Hall–Kier alpha value is -1.05. The van der Waals surface area contributed by atoms with Gasteiger partial charge in [-0.2, -0.15) is 4.31 Å². The van der Waals surface area contributed by atoms with Gasteiger partial charge in [0.15, 0.2) is 4.90 Å². The van der Waals surface area contributed by atoms with Crippen LogP contribution in [0.15, 0.2) is 23.1 Å². The molecule has 0 amide bonds. The van der Waals surface area contributed by atoms with Crippen LogP contribution in [0.2, 0.25) is 0 Å². The first-order valence-electron chi connectivity index (χ1n) is 5.61. The lowest BCUT2D eigenvalue weighted by Gasteiger charge is -2.17. The Bertz CT molecular complexity index is 528. The molecule has 1 aromatic rings. The lowest BCUT2D eigenvalue weighted by atomic mass is 10.1. The maximum Gasteiger partial charge on any atom is 0.248 e.